The summed E-state index contributed by atoms with van der Waals surface area (Å²) in [7, 11) is 1.84. The van der Waals surface area contributed by atoms with Crippen molar-refractivity contribution in [2.75, 3.05) is 46.4 Å². The Kier molecular flexibility index (Phi) is 9.27. The number of nitrogens with zero attached hydrogens (tertiary/aromatic N) is 2. The fourth-order valence-electron chi connectivity index (χ4n) is 4.27. The highest BCUT2D eigenvalue weighted by molar-refractivity contribution is 5.79. The van der Waals surface area contributed by atoms with Crippen LogP contribution in [0.2, 0.25) is 0 Å². The largest absolute Gasteiger partial charge is 0.491 e. The number of benzene rings is 1. The number of hydrogen-bond acceptors (Lipinski definition) is 4. The Balaban J connectivity index is 1.45. The second-order valence-corrected chi connectivity index (χ2v) is 8.65. The van der Waals surface area contributed by atoms with E-state index in [-0.39, 0.29) is 6.10 Å². The molecule has 168 valence electrons. The van der Waals surface area contributed by atoms with Gasteiger partial charge in [0.15, 0.2) is 5.96 Å². The van der Waals surface area contributed by atoms with E-state index < -0.39 is 0 Å². The molecule has 30 heavy (non-hydrogen) atoms. The summed E-state index contributed by atoms with van der Waals surface area (Å²) >= 11 is 0. The number of guanidine groups is 1. The van der Waals surface area contributed by atoms with Crippen LogP contribution in [0.25, 0.3) is 0 Å². The van der Waals surface area contributed by atoms with E-state index in [1.54, 1.807) is 0 Å². The number of aryl methyl sites for hydroxylation is 1. The Bertz CT molecular complexity index is 665. The van der Waals surface area contributed by atoms with E-state index in [1.807, 2.05) is 7.05 Å². The van der Waals surface area contributed by atoms with Crippen LogP contribution in [0.15, 0.2) is 23.2 Å². The molecular formula is C24H40N4O2. The van der Waals surface area contributed by atoms with Crippen molar-refractivity contribution < 1.29 is 9.47 Å². The molecule has 6 nitrogen and oxygen atoms in total. The first-order valence-electron chi connectivity index (χ1n) is 11.7. The number of ether oxygens (including phenoxy) is 2. The van der Waals surface area contributed by atoms with Gasteiger partial charge >= 0.3 is 0 Å². The van der Waals surface area contributed by atoms with Crippen LogP contribution in [-0.2, 0) is 11.3 Å². The maximum absolute atomic E-state index is 6.12. The van der Waals surface area contributed by atoms with Crippen LogP contribution >= 0.6 is 0 Å². The zero-order valence-electron chi connectivity index (χ0n) is 19.1. The van der Waals surface area contributed by atoms with Crippen molar-refractivity contribution >= 4 is 5.96 Å². The monoisotopic (exact) mass is 416 g/mol. The lowest BCUT2D eigenvalue weighted by Crippen LogP contribution is -2.42. The van der Waals surface area contributed by atoms with Gasteiger partial charge < -0.3 is 25.0 Å². The zero-order valence-corrected chi connectivity index (χ0v) is 19.1. The summed E-state index contributed by atoms with van der Waals surface area (Å²) in [6.07, 6.45) is 6.23. The van der Waals surface area contributed by atoms with Crippen molar-refractivity contribution in [1.82, 2.24) is 15.5 Å². The second-order valence-electron chi connectivity index (χ2n) is 8.65. The minimum absolute atomic E-state index is 0.226. The Morgan fingerprint density at radius 1 is 1.23 bits per heavy atom. The fraction of sp³-hybridized carbons (Fsp3) is 0.708. The molecule has 0 bridgehead atoms. The Hall–Kier alpha value is -1.79. The van der Waals surface area contributed by atoms with Gasteiger partial charge in [0.25, 0.3) is 0 Å². The minimum atomic E-state index is 0.226. The van der Waals surface area contributed by atoms with Gasteiger partial charge in [0.05, 0.1) is 6.10 Å². The molecular weight excluding hydrogens is 376 g/mol. The van der Waals surface area contributed by atoms with Gasteiger partial charge in [-0.15, -0.1) is 0 Å². The van der Waals surface area contributed by atoms with Gasteiger partial charge in [-0.2, -0.15) is 0 Å². The van der Waals surface area contributed by atoms with Crippen LogP contribution in [-0.4, -0.2) is 63.4 Å². The van der Waals surface area contributed by atoms with Crippen LogP contribution < -0.4 is 15.4 Å². The Morgan fingerprint density at radius 2 is 2.07 bits per heavy atom. The average Bonchev–Trinajstić information content (AvgIpc) is 3.28. The molecule has 2 fully saturated rings. The van der Waals surface area contributed by atoms with E-state index in [2.05, 4.69) is 52.6 Å². The third kappa shape index (κ3) is 7.17. The van der Waals surface area contributed by atoms with Gasteiger partial charge in [0, 0.05) is 32.3 Å². The van der Waals surface area contributed by atoms with Crippen molar-refractivity contribution in [1.29, 1.82) is 0 Å². The maximum Gasteiger partial charge on any atom is 0.191 e. The molecule has 1 aromatic carbocycles. The van der Waals surface area contributed by atoms with Crippen LogP contribution in [0.4, 0.5) is 0 Å². The Labute approximate surface area is 182 Å². The highest BCUT2D eigenvalue weighted by Crippen LogP contribution is 2.22. The minimum Gasteiger partial charge on any atom is -0.491 e. The molecule has 2 aliphatic rings. The van der Waals surface area contributed by atoms with Gasteiger partial charge in [-0.3, -0.25) is 4.99 Å². The van der Waals surface area contributed by atoms with Crippen molar-refractivity contribution in [2.45, 2.75) is 58.6 Å². The van der Waals surface area contributed by atoms with Gasteiger partial charge in [-0.25, -0.2) is 0 Å². The molecule has 0 amide bonds. The number of nitrogens with one attached hydrogen (secondary N) is 2. The molecule has 2 aliphatic heterocycles. The lowest BCUT2D eigenvalue weighted by Gasteiger charge is -2.32. The number of likely N-dealkylation sites (tertiary alicyclic amines) is 1. The SMILES string of the molecule is CCCN1CCC(CNC(=NC)NCc2ccc(C)cc2OCC2CCCO2)CC1. The molecule has 0 saturated carbocycles. The quantitative estimate of drug-likeness (QED) is 0.478. The molecule has 0 spiro atoms. The van der Waals surface area contributed by atoms with Crippen molar-refractivity contribution in [3.05, 3.63) is 29.3 Å². The highest BCUT2D eigenvalue weighted by Gasteiger charge is 2.19. The van der Waals surface area contributed by atoms with Crippen LogP contribution in [0, 0.1) is 12.8 Å². The normalized spacial score (nSPS) is 21.0. The molecule has 6 heteroatoms. The molecule has 2 heterocycles. The highest BCUT2D eigenvalue weighted by atomic mass is 16.5. The predicted molar refractivity (Wildman–Crippen MR) is 123 cm³/mol. The zero-order chi connectivity index (χ0) is 21.2. The third-order valence-corrected chi connectivity index (χ3v) is 6.15. The van der Waals surface area contributed by atoms with Crippen molar-refractivity contribution in [2.24, 2.45) is 10.9 Å². The summed E-state index contributed by atoms with van der Waals surface area (Å²) in [6.45, 7) is 11.2. The van der Waals surface area contributed by atoms with Crippen LogP contribution in [0.5, 0.6) is 5.75 Å². The molecule has 1 atom stereocenters. The summed E-state index contributed by atoms with van der Waals surface area (Å²) in [4.78, 5) is 6.99. The first-order valence-corrected chi connectivity index (χ1v) is 11.7. The lowest BCUT2D eigenvalue weighted by atomic mass is 9.97. The summed E-state index contributed by atoms with van der Waals surface area (Å²) in [5, 5.41) is 6.98. The number of rotatable bonds is 9. The standard InChI is InChI=1S/C24H40N4O2/c1-4-11-28-12-9-20(10-13-28)16-26-24(25-3)27-17-21-8-7-19(2)15-23(21)30-18-22-6-5-14-29-22/h7-8,15,20,22H,4-6,9-14,16-18H2,1-3H3,(H2,25,26,27). The molecule has 3 rings (SSSR count). The van der Waals surface area contributed by atoms with Gasteiger partial charge in [-0.1, -0.05) is 19.1 Å². The van der Waals surface area contributed by atoms with E-state index >= 15 is 0 Å². The van der Waals surface area contributed by atoms with Gasteiger partial charge in [-0.05, 0) is 76.2 Å². The number of piperidine rings is 1. The molecule has 0 aromatic heterocycles. The predicted octanol–water partition coefficient (Wildman–Crippen LogP) is 3.34. The van der Waals surface area contributed by atoms with E-state index in [4.69, 9.17) is 9.47 Å². The van der Waals surface area contributed by atoms with E-state index in [0.29, 0.717) is 13.2 Å². The van der Waals surface area contributed by atoms with Crippen LogP contribution in [0.1, 0.15) is 50.2 Å². The Morgan fingerprint density at radius 3 is 2.77 bits per heavy atom. The van der Waals surface area contributed by atoms with E-state index in [1.165, 1.54) is 44.5 Å². The van der Waals surface area contributed by atoms with Crippen LogP contribution in [0.3, 0.4) is 0 Å². The lowest BCUT2D eigenvalue weighted by molar-refractivity contribution is 0.0676. The summed E-state index contributed by atoms with van der Waals surface area (Å²) in [5.74, 6) is 2.52. The molecule has 2 N–H and O–H groups in total. The third-order valence-electron chi connectivity index (χ3n) is 6.15. The molecule has 1 aromatic rings. The molecule has 0 radical (unpaired) electrons. The summed E-state index contributed by atoms with van der Waals surface area (Å²) in [6, 6.07) is 6.40. The molecule has 2 saturated heterocycles. The molecule has 0 aliphatic carbocycles. The first kappa shape index (κ1) is 22.9. The second kappa shape index (κ2) is 12.2. The summed E-state index contributed by atoms with van der Waals surface area (Å²) < 4.78 is 11.8. The molecule has 1 unspecified atom stereocenters. The fourth-order valence-corrected chi connectivity index (χ4v) is 4.27. The van der Waals surface area contributed by atoms with Crippen molar-refractivity contribution in [3.8, 4) is 5.75 Å². The van der Waals surface area contributed by atoms with Crippen molar-refractivity contribution in [3.63, 3.8) is 0 Å². The van der Waals surface area contributed by atoms with E-state index in [0.717, 1.165) is 49.2 Å². The first-order chi connectivity index (χ1) is 14.7. The van der Waals surface area contributed by atoms with E-state index in [9.17, 15) is 0 Å². The number of hydrogen-bond donors (Lipinski definition) is 2. The smallest absolute Gasteiger partial charge is 0.191 e. The topological polar surface area (TPSA) is 58.1 Å². The number of aliphatic imine (C=N–C) groups is 1. The van der Waals surface area contributed by atoms with Gasteiger partial charge in [0.1, 0.15) is 12.4 Å². The summed E-state index contributed by atoms with van der Waals surface area (Å²) in [5.41, 5.74) is 2.35. The van der Waals surface area contributed by atoms with Gasteiger partial charge in [0.2, 0.25) is 0 Å². The maximum atomic E-state index is 6.12. The average molecular weight is 417 g/mol.